The van der Waals surface area contributed by atoms with E-state index < -0.39 is 26.4 Å². The van der Waals surface area contributed by atoms with Crippen LogP contribution in [0.4, 0.5) is 13.2 Å². The normalized spacial score (nSPS) is 19.5. The molecular weight excluding hydrogens is 333 g/mol. The first kappa shape index (κ1) is 21.1. The molecule has 0 fully saturated rings. The summed E-state index contributed by atoms with van der Waals surface area (Å²) in [5.74, 6) is -0.639. The first-order valence-corrected chi connectivity index (χ1v) is 11.6. The molecule has 0 amide bonds. The molecule has 24 heavy (non-hydrogen) atoms. The zero-order chi connectivity index (χ0) is 18.6. The minimum Gasteiger partial charge on any atom is -0.544 e. The number of ether oxygens (including phenoxy) is 1. The maximum absolute atomic E-state index is 13.1. The maximum atomic E-state index is 13.1. The van der Waals surface area contributed by atoms with Crippen molar-refractivity contribution in [1.29, 1.82) is 0 Å². The van der Waals surface area contributed by atoms with Gasteiger partial charge in [-0.25, -0.2) is 0 Å². The summed E-state index contributed by atoms with van der Waals surface area (Å²) in [7, 11) is -2.19. The quantitative estimate of drug-likeness (QED) is 0.369. The van der Waals surface area contributed by atoms with Crippen LogP contribution in [-0.2, 0) is 9.16 Å². The number of allylic oxidation sites excluding steroid dienone is 2. The molecule has 2 nitrogen and oxygen atoms in total. The molecule has 1 aliphatic heterocycles. The Balaban J connectivity index is 2.91. The van der Waals surface area contributed by atoms with Crippen molar-refractivity contribution in [2.24, 2.45) is 0 Å². The molecule has 0 aliphatic carbocycles. The third kappa shape index (κ3) is 6.19. The maximum Gasteiger partial charge on any atom is 0.449 e. The predicted octanol–water partition coefficient (Wildman–Crippen LogP) is 6.71. The second-order valence-corrected chi connectivity index (χ2v) is 12.7. The lowest BCUT2D eigenvalue weighted by Crippen LogP contribution is -2.41. The van der Waals surface area contributed by atoms with Crippen LogP contribution in [0, 0.1) is 0 Å². The van der Waals surface area contributed by atoms with Crippen LogP contribution in [0.2, 0.25) is 18.1 Å². The van der Waals surface area contributed by atoms with E-state index >= 15 is 0 Å². The molecule has 0 aromatic heterocycles. The van der Waals surface area contributed by atoms with Gasteiger partial charge in [0, 0.05) is 6.08 Å². The zero-order valence-electron chi connectivity index (χ0n) is 15.7. The molecule has 1 rings (SSSR count). The third-order valence-electron chi connectivity index (χ3n) is 4.70. The van der Waals surface area contributed by atoms with Crippen molar-refractivity contribution < 1.29 is 22.3 Å². The fourth-order valence-corrected chi connectivity index (χ4v) is 3.19. The molecule has 0 saturated heterocycles. The fourth-order valence-electron chi connectivity index (χ4n) is 2.17. The zero-order valence-corrected chi connectivity index (χ0v) is 16.7. The molecule has 0 spiro atoms. The topological polar surface area (TPSA) is 18.5 Å². The second-order valence-electron chi connectivity index (χ2n) is 7.94. The Morgan fingerprint density at radius 3 is 2.25 bits per heavy atom. The Hall–Kier alpha value is -0.913. The number of halogens is 3. The van der Waals surface area contributed by atoms with E-state index in [0.717, 1.165) is 31.8 Å². The van der Waals surface area contributed by atoms with Crippen molar-refractivity contribution in [3.8, 4) is 0 Å². The molecule has 0 bridgehead atoms. The SMILES string of the molecule is CCCCCCC1C=C(O[Si](C)(C)C(C)(C)C)C=C(C(F)(F)F)O1. The number of unbranched alkanes of at least 4 members (excludes halogenated alkanes) is 3. The van der Waals surface area contributed by atoms with Gasteiger partial charge in [0.1, 0.15) is 11.9 Å². The van der Waals surface area contributed by atoms with Gasteiger partial charge in [0.25, 0.3) is 0 Å². The molecule has 0 aromatic carbocycles. The lowest BCUT2D eigenvalue weighted by Gasteiger charge is -2.38. The van der Waals surface area contributed by atoms with E-state index in [1.54, 1.807) is 6.08 Å². The molecule has 1 heterocycles. The van der Waals surface area contributed by atoms with Crippen molar-refractivity contribution in [1.82, 2.24) is 0 Å². The summed E-state index contributed by atoms with van der Waals surface area (Å²) in [6.07, 6.45) is 2.28. The number of hydrogen-bond acceptors (Lipinski definition) is 2. The lowest BCUT2D eigenvalue weighted by molar-refractivity contribution is -0.138. The highest BCUT2D eigenvalue weighted by Crippen LogP contribution is 2.40. The third-order valence-corrected chi connectivity index (χ3v) is 9.06. The second kappa shape index (κ2) is 7.98. The highest BCUT2D eigenvalue weighted by atomic mass is 28.4. The number of rotatable bonds is 7. The molecule has 0 N–H and O–H groups in total. The molecule has 140 valence electrons. The minimum absolute atomic E-state index is 0.0744. The van der Waals surface area contributed by atoms with Gasteiger partial charge in [0.2, 0.25) is 14.1 Å². The van der Waals surface area contributed by atoms with Gasteiger partial charge in [-0.1, -0.05) is 47.0 Å². The van der Waals surface area contributed by atoms with E-state index in [-0.39, 0.29) is 5.04 Å². The van der Waals surface area contributed by atoms with E-state index in [2.05, 4.69) is 27.7 Å². The van der Waals surface area contributed by atoms with Gasteiger partial charge >= 0.3 is 6.18 Å². The molecule has 0 radical (unpaired) electrons. The molecule has 1 unspecified atom stereocenters. The number of alkyl halides is 3. The van der Waals surface area contributed by atoms with Crippen LogP contribution in [0.5, 0.6) is 0 Å². The summed E-state index contributed by atoms with van der Waals surface area (Å²) >= 11 is 0. The van der Waals surface area contributed by atoms with Gasteiger partial charge in [-0.05, 0) is 37.0 Å². The van der Waals surface area contributed by atoms with Crippen molar-refractivity contribution in [2.45, 2.75) is 90.2 Å². The predicted molar refractivity (Wildman–Crippen MR) is 94.1 cm³/mol. The minimum atomic E-state index is -4.49. The highest BCUT2D eigenvalue weighted by Gasteiger charge is 2.42. The first-order valence-electron chi connectivity index (χ1n) is 8.73. The highest BCUT2D eigenvalue weighted by molar-refractivity contribution is 6.74. The van der Waals surface area contributed by atoms with Gasteiger partial charge in [-0.2, -0.15) is 13.2 Å². The van der Waals surface area contributed by atoms with Crippen LogP contribution in [0.1, 0.15) is 59.8 Å². The molecule has 0 aromatic rings. The molecule has 1 atom stereocenters. The van der Waals surface area contributed by atoms with Crippen molar-refractivity contribution >= 4 is 8.32 Å². The smallest absolute Gasteiger partial charge is 0.449 e. The monoisotopic (exact) mass is 364 g/mol. The number of hydrogen-bond donors (Lipinski definition) is 0. The molecule has 0 saturated carbocycles. The average molecular weight is 365 g/mol. The van der Waals surface area contributed by atoms with Gasteiger partial charge in [-0.15, -0.1) is 0 Å². The summed E-state index contributed by atoms with van der Waals surface area (Å²) in [5.41, 5.74) is 0. The van der Waals surface area contributed by atoms with E-state index in [4.69, 9.17) is 9.16 Å². The van der Waals surface area contributed by atoms with E-state index in [1.807, 2.05) is 13.1 Å². The Labute approximate surface area is 145 Å². The van der Waals surface area contributed by atoms with Crippen LogP contribution in [-0.4, -0.2) is 20.6 Å². The van der Waals surface area contributed by atoms with Gasteiger partial charge in [0.15, 0.2) is 0 Å². The van der Waals surface area contributed by atoms with Gasteiger partial charge in [0.05, 0.1) is 0 Å². The summed E-state index contributed by atoms with van der Waals surface area (Å²) in [6.45, 7) is 12.4. The molecule has 6 heteroatoms. The van der Waals surface area contributed by atoms with Crippen molar-refractivity contribution in [2.75, 3.05) is 0 Å². The first-order chi connectivity index (χ1) is 10.9. The molecule has 1 aliphatic rings. The van der Waals surface area contributed by atoms with E-state index in [1.165, 1.54) is 0 Å². The largest absolute Gasteiger partial charge is 0.544 e. The summed E-state index contributed by atoms with van der Waals surface area (Å²) in [5, 5.41) is -0.0744. The van der Waals surface area contributed by atoms with Crippen molar-refractivity contribution in [3.63, 3.8) is 0 Å². The van der Waals surface area contributed by atoms with Gasteiger partial charge < -0.3 is 9.16 Å². The van der Waals surface area contributed by atoms with Crippen LogP contribution >= 0.6 is 0 Å². The van der Waals surface area contributed by atoms with E-state index in [9.17, 15) is 13.2 Å². The lowest BCUT2D eigenvalue weighted by atomic mass is 10.1. The van der Waals surface area contributed by atoms with E-state index in [0.29, 0.717) is 12.2 Å². The van der Waals surface area contributed by atoms with Crippen molar-refractivity contribution in [3.05, 3.63) is 23.7 Å². The Morgan fingerprint density at radius 1 is 1.12 bits per heavy atom. The standard InChI is InChI=1S/C18H31F3O2Si/c1-7-8-9-10-11-14-12-15(13-16(22-14)18(19,20)21)23-24(5,6)17(2,3)4/h12-14H,7-11H2,1-6H3. The Bertz CT molecular complexity index is 474. The van der Waals surface area contributed by atoms with Crippen LogP contribution < -0.4 is 0 Å². The van der Waals surface area contributed by atoms with Crippen LogP contribution in [0.25, 0.3) is 0 Å². The molecular formula is C18H31F3O2Si. The Kier molecular flexibility index (Phi) is 7.02. The van der Waals surface area contributed by atoms with Crippen LogP contribution in [0.3, 0.4) is 0 Å². The summed E-state index contributed by atoms with van der Waals surface area (Å²) < 4.78 is 50.6. The fraction of sp³-hybridized carbons (Fsp3) is 0.778. The average Bonchev–Trinajstić information content (AvgIpc) is 2.40. The summed E-state index contributed by atoms with van der Waals surface area (Å²) in [6, 6.07) is 0. The van der Waals surface area contributed by atoms with Crippen LogP contribution in [0.15, 0.2) is 23.7 Å². The summed E-state index contributed by atoms with van der Waals surface area (Å²) in [4.78, 5) is 0. The Morgan fingerprint density at radius 2 is 1.75 bits per heavy atom. The van der Waals surface area contributed by atoms with Gasteiger partial charge in [-0.3, -0.25) is 0 Å².